The van der Waals surface area contributed by atoms with E-state index in [1.807, 2.05) is 6.92 Å². The Balaban J connectivity index is 1.94. The van der Waals surface area contributed by atoms with Crippen LogP contribution in [0.5, 0.6) is 5.75 Å². The highest BCUT2D eigenvalue weighted by Crippen LogP contribution is 2.38. The zero-order chi connectivity index (χ0) is 20.4. The van der Waals surface area contributed by atoms with E-state index in [-0.39, 0.29) is 11.5 Å². The van der Waals surface area contributed by atoms with Gasteiger partial charge >= 0.3 is 6.18 Å². The predicted molar refractivity (Wildman–Crippen MR) is 97.2 cm³/mol. The van der Waals surface area contributed by atoms with Gasteiger partial charge in [-0.05, 0) is 38.0 Å². The standard InChI is InChI=1S/C19H21F3N4O2/c1-4-13-10-23-17(24-11-13)26-12-16(18(3,25-26)27-5-2)28-15-9-7-6-8-14(15)19(20,21)22/h6-12,25H,4-5H2,1-3H3. The molecule has 0 spiro atoms. The molecule has 9 heteroatoms. The van der Waals surface area contributed by atoms with Crippen molar-refractivity contribution in [3.63, 3.8) is 0 Å². The van der Waals surface area contributed by atoms with Gasteiger partial charge in [0.2, 0.25) is 5.95 Å². The van der Waals surface area contributed by atoms with Crippen molar-refractivity contribution in [3.8, 4) is 5.75 Å². The Kier molecular flexibility index (Phi) is 5.57. The number of para-hydroxylation sites is 1. The molecule has 0 amide bonds. The predicted octanol–water partition coefficient (Wildman–Crippen LogP) is 4.06. The summed E-state index contributed by atoms with van der Waals surface area (Å²) >= 11 is 0. The van der Waals surface area contributed by atoms with Crippen molar-refractivity contribution in [2.24, 2.45) is 0 Å². The number of nitrogens with zero attached hydrogens (tertiary/aromatic N) is 3. The smallest absolute Gasteiger partial charge is 0.419 e. The van der Waals surface area contributed by atoms with Crippen molar-refractivity contribution in [3.05, 3.63) is 59.7 Å². The first-order valence-electron chi connectivity index (χ1n) is 8.85. The lowest BCUT2D eigenvalue weighted by Gasteiger charge is -2.29. The van der Waals surface area contributed by atoms with Crippen LogP contribution in [-0.2, 0) is 17.3 Å². The van der Waals surface area contributed by atoms with Crippen molar-refractivity contribution in [2.45, 2.75) is 39.1 Å². The number of benzene rings is 1. The molecule has 0 saturated carbocycles. The average molecular weight is 394 g/mol. The topological polar surface area (TPSA) is 59.5 Å². The SMILES string of the molecule is CCOC1(C)NN(c2ncc(CC)cn2)C=C1Oc1ccccc1C(F)(F)F. The van der Waals surface area contributed by atoms with E-state index in [0.717, 1.165) is 18.1 Å². The molecule has 1 unspecified atom stereocenters. The maximum atomic E-state index is 13.3. The van der Waals surface area contributed by atoms with Crippen LogP contribution >= 0.6 is 0 Å². The molecular weight excluding hydrogens is 373 g/mol. The van der Waals surface area contributed by atoms with E-state index in [1.165, 1.54) is 29.4 Å². The molecular formula is C19H21F3N4O2. The van der Waals surface area contributed by atoms with Crippen LogP contribution in [0.15, 0.2) is 48.6 Å². The van der Waals surface area contributed by atoms with Crippen LogP contribution in [0.2, 0.25) is 0 Å². The third-order valence-corrected chi connectivity index (χ3v) is 4.21. The molecule has 1 aliphatic heterocycles. The molecule has 0 saturated heterocycles. The van der Waals surface area contributed by atoms with E-state index in [9.17, 15) is 13.2 Å². The molecule has 1 atom stereocenters. The average Bonchev–Trinajstić information content (AvgIpc) is 2.98. The molecule has 1 aliphatic rings. The summed E-state index contributed by atoms with van der Waals surface area (Å²) in [6, 6.07) is 5.04. The number of ether oxygens (including phenoxy) is 2. The third kappa shape index (κ3) is 4.10. The summed E-state index contributed by atoms with van der Waals surface area (Å²) in [6.07, 6.45) is 1.12. The normalized spacial score (nSPS) is 19.6. The monoisotopic (exact) mass is 394 g/mol. The molecule has 2 aromatic rings. The highest BCUT2D eigenvalue weighted by Gasteiger charge is 2.42. The number of nitrogens with one attached hydrogen (secondary N) is 1. The summed E-state index contributed by atoms with van der Waals surface area (Å²) in [4.78, 5) is 8.54. The van der Waals surface area contributed by atoms with Gasteiger partial charge < -0.3 is 9.47 Å². The van der Waals surface area contributed by atoms with Gasteiger partial charge in [-0.25, -0.2) is 15.0 Å². The Hall–Kier alpha value is -2.65. The number of anilines is 1. The van der Waals surface area contributed by atoms with Crippen molar-refractivity contribution in [1.29, 1.82) is 0 Å². The lowest BCUT2D eigenvalue weighted by atomic mass is 10.2. The number of halogens is 3. The minimum atomic E-state index is -4.54. The van der Waals surface area contributed by atoms with Gasteiger partial charge in [0.1, 0.15) is 5.75 Å². The van der Waals surface area contributed by atoms with Gasteiger partial charge in [0, 0.05) is 19.0 Å². The highest BCUT2D eigenvalue weighted by atomic mass is 19.4. The largest absolute Gasteiger partial charge is 0.455 e. The molecule has 0 radical (unpaired) electrons. The van der Waals surface area contributed by atoms with Crippen molar-refractivity contribution >= 4 is 5.95 Å². The maximum Gasteiger partial charge on any atom is 0.419 e. The molecule has 0 bridgehead atoms. The summed E-state index contributed by atoms with van der Waals surface area (Å²) in [6.45, 7) is 5.75. The van der Waals surface area contributed by atoms with E-state index in [1.54, 1.807) is 26.2 Å². The number of rotatable bonds is 6. The van der Waals surface area contributed by atoms with Gasteiger partial charge in [0.15, 0.2) is 11.5 Å². The number of aromatic nitrogens is 2. The van der Waals surface area contributed by atoms with Crippen LogP contribution in [0.4, 0.5) is 19.1 Å². The number of alkyl halides is 3. The quantitative estimate of drug-likeness (QED) is 0.798. The van der Waals surface area contributed by atoms with Crippen LogP contribution in [0, 0.1) is 0 Å². The first-order chi connectivity index (χ1) is 13.3. The molecule has 0 aliphatic carbocycles. The fourth-order valence-corrected chi connectivity index (χ4v) is 2.74. The lowest BCUT2D eigenvalue weighted by molar-refractivity contribution is -0.139. The minimum Gasteiger partial charge on any atom is -0.455 e. The van der Waals surface area contributed by atoms with E-state index in [4.69, 9.17) is 9.47 Å². The summed E-state index contributed by atoms with van der Waals surface area (Å²) in [7, 11) is 0. The summed E-state index contributed by atoms with van der Waals surface area (Å²) in [5.41, 5.74) is 1.96. The Labute approximate surface area is 161 Å². The maximum absolute atomic E-state index is 13.3. The van der Waals surface area contributed by atoms with Crippen molar-refractivity contribution < 1.29 is 22.6 Å². The van der Waals surface area contributed by atoms with Crippen LogP contribution in [0.3, 0.4) is 0 Å². The first-order valence-corrected chi connectivity index (χ1v) is 8.85. The van der Waals surface area contributed by atoms with E-state index >= 15 is 0 Å². The fourth-order valence-electron chi connectivity index (χ4n) is 2.74. The molecule has 6 nitrogen and oxygen atoms in total. The first kappa shape index (κ1) is 20.1. The summed E-state index contributed by atoms with van der Waals surface area (Å²) < 4.78 is 51.3. The van der Waals surface area contributed by atoms with Gasteiger partial charge in [0.25, 0.3) is 0 Å². The lowest BCUT2D eigenvalue weighted by Crippen LogP contribution is -2.49. The molecule has 28 heavy (non-hydrogen) atoms. The Morgan fingerprint density at radius 1 is 1.14 bits per heavy atom. The molecule has 0 fully saturated rings. The minimum absolute atomic E-state index is 0.161. The van der Waals surface area contributed by atoms with Gasteiger partial charge in [-0.15, -0.1) is 0 Å². The third-order valence-electron chi connectivity index (χ3n) is 4.21. The molecule has 1 N–H and O–H groups in total. The number of hydrogen-bond acceptors (Lipinski definition) is 6. The zero-order valence-electron chi connectivity index (χ0n) is 15.7. The second kappa shape index (κ2) is 7.76. The summed E-state index contributed by atoms with van der Waals surface area (Å²) in [5.74, 6) is 0.179. The van der Waals surface area contributed by atoms with Crippen molar-refractivity contribution in [2.75, 3.05) is 11.6 Å². The van der Waals surface area contributed by atoms with E-state index < -0.39 is 17.5 Å². The summed E-state index contributed by atoms with van der Waals surface area (Å²) in [5, 5.41) is 1.47. The fraction of sp³-hybridized carbons (Fsp3) is 0.368. The Bertz CT molecular complexity index is 855. The number of hydrogen-bond donors (Lipinski definition) is 1. The van der Waals surface area contributed by atoms with Gasteiger partial charge in [-0.1, -0.05) is 19.1 Å². The molecule has 3 rings (SSSR count). The molecule has 2 heterocycles. The second-order valence-corrected chi connectivity index (χ2v) is 6.28. The Morgan fingerprint density at radius 3 is 2.43 bits per heavy atom. The van der Waals surface area contributed by atoms with Crippen molar-refractivity contribution in [1.82, 2.24) is 15.4 Å². The van der Waals surface area contributed by atoms with Crippen LogP contribution in [0.1, 0.15) is 31.9 Å². The van der Waals surface area contributed by atoms with Gasteiger partial charge in [-0.2, -0.15) is 18.6 Å². The second-order valence-electron chi connectivity index (χ2n) is 6.28. The highest BCUT2D eigenvalue weighted by molar-refractivity contribution is 5.43. The van der Waals surface area contributed by atoms with Crippen LogP contribution in [0.25, 0.3) is 0 Å². The number of aryl methyl sites for hydroxylation is 1. The van der Waals surface area contributed by atoms with Crippen LogP contribution < -0.4 is 15.2 Å². The van der Waals surface area contributed by atoms with E-state index in [2.05, 4.69) is 15.4 Å². The van der Waals surface area contributed by atoms with Gasteiger partial charge in [0.05, 0.1) is 11.8 Å². The molecule has 1 aromatic heterocycles. The zero-order valence-corrected chi connectivity index (χ0v) is 15.7. The molecule has 150 valence electrons. The Morgan fingerprint density at radius 2 is 1.82 bits per heavy atom. The molecule has 1 aromatic carbocycles. The van der Waals surface area contributed by atoms with E-state index in [0.29, 0.717) is 12.6 Å². The van der Waals surface area contributed by atoms with Crippen LogP contribution in [-0.4, -0.2) is 22.3 Å². The number of hydrazine groups is 1. The van der Waals surface area contributed by atoms with Gasteiger partial charge in [-0.3, -0.25) is 0 Å².